The van der Waals surface area contributed by atoms with Crippen LogP contribution < -0.4 is 9.47 Å². The van der Waals surface area contributed by atoms with Crippen LogP contribution in [0.15, 0.2) is 36.4 Å². The lowest BCUT2D eigenvalue weighted by atomic mass is 10.1. The van der Waals surface area contributed by atoms with Gasteiger partial charge in [-0.25, -0.2) is 4.39 Å². The van der Waals surface area contributed by atoms with Crippen molar-refractivity contribution in [3.8, 4) is 11.5 Å². The molecule has 0 aromatic heterocycles. The van der Waals surface area contributed by atoms with E-state index in [0.29, 0.717) is 23.7 Å². The first-order valence-corrected chi connectivity index (χ1v) is 6.74. The zero-order valence-corrected chi connectivity index (χ0v) is 12.1. The van der Waals surface area contributed by atoms with E-state index in [0.717, 1.165) is 17.4 Å². The highest BCUT2D eigenvalue weighted by molar-refractivity contribution is 5.81. The summed E-state index contributed by atoms with van der Waals surface area (Å²) in [4.78, 5) is 11.1. The summed E-state index contributed by atoms with van der Waals surface area (Å²) in [7, 11) is 0. The van der Waals surface area contributed by atoms with Gasteiger partial charge in [-0.05, 0) is 49.2 Å². The Morgan fingerprint density at radius 3 is 2.67 bits per heavy atom. The smallest absolute Gasteiger partial charge is 0.172 e. The van der Waals surface area contributed by atoms with Crippen LogP contribution in [0.1, 0.15) is 28.4 Å². The molecule has 0 radical (unpaired) electrons. The van der Waals surface area contributed by atoms with Crippen LogP contribution in [0.4, 0.5) is 4.39 Å². The van der Waals surface area contributed by atoms with Crippen LogP contribution in [0.2, 0.25) is 0 Å². The molecule has 0 amide bonds. The van der Waals surface area contributed by atoms with Gasteiger partial charge in [-0.1, -0.05) is 12.1 Å². The standard InChI is InChI=1S/C17H17FO3/c1-3-20-16-6-4-5-13(10-19)17(16)21-11-14-7-8-15(18)9-12(14)2/h4-10H,3,11H2,1-2H3. The summed E-state index contributed by atoms with van der Waals surface area (Å²) in [5, 5.41) is 0. The number of benzene rings is 2. The Labute approximate surface area is 123 Å². The Morgan fingerprint density at radius 1 is 1.19 bits per heavy atom. The highest BCUT2D eigenvalue weighted by Crippen LogP contribution is 2.31. The van der Waals surface area contributed by atoms with Crippen molar-refractivity contribution in [2.24, 2.45) is 0 Å². The van der Waals surface area contributed by atoms with E-state index in [9.17, 15) is 9.18 Å². The van der Waals surface area contributed by atoms with Gasteiger partial charge in [-0.15, -0.1) is 0 Å². The quantitative estimate of drug-likeness (QED) is 0.756. The molecule has 3 nitrogen and oxygen atoms in total. The second-order valence-corrected chi connectivity index (χ2v) is 4.58. The van der Waals surface area contributed by atoms with Gasteiger partial charge in [-0.3, -0.25) is 4.79 Å². The van der Waals surface area contributed by atoms with E-state index < -0.39 is 0 Å². The lowest BCUT2D eigenvalue weighted by Crippen LogP contribution is -2.03. The van der Waals surface area contributed by atoms with Crippen molar-refractivity contribution < 1.29 is 18.7 Å². The Bertz CT molecular complexity index is 638. The van der Waals surface area contributed by atoms with Crippen LogP contribution in [-0.4, -0.2) is 12.9 Å². The lowest BCUT2D eigenvalue weighted by molar-refractivity contribution is 0.111. The van der Waals surface area contributed by atoms with E-state index in [-0.39, 0.29) is 12.4 Å². The van der Waals surface area contributed by atoms with Crippen LogP contribution in [0, 0.1) is 12.7 Å². The fraction of sp³-hybridized carbons (Fsp3) is 0.235. The summed E-state index contributed by atoms with van der Waals surface area (Å²) >= 11 is 0. The van der Waals surface area contributed by atoms with Crippen molar-refractivity contribution in [3.63, 3.8) is 0 Å². The molecule has 0 N–H and O–H groups in total. The number of carbonyl (C=O) groups excluding carboxylic acids is 1. The average molecular weight is 288 g/mol. The minimum atomic E-state index is -0.278. The van der Waals surface area contributed by atoms with Gasteiger partial charge in [-0.2, -0.15) is 0 Å². The zero-order chi connectivity index (χ0) is 15.2. The number of halogens is 1. The second kappa shape index (κ2) is 6.88. The van der Waals surface area contributed by atoms with Crippen LogP contribution in [0.25, 0.3) is 0 Å². The number of carbonyl (C=O) groups is 1. The van der Waals surface area contributed by atoms with E-state index in [4.69, 9.17) is 9.47 Å². The lowest BCUT2D eigenvalue weighted by Gasteiger charge is -2.14. The highest BCUT2D eigenvalue weighted by atomic mass is 19.1. The van der Waals surface area contributed by atoms with Crippen molar-refractivity contribution in [2.75, 3.05) is 6.61 Å². The van der Waals surface area contributed by atoms with Crippen molar-refractivity contribution in [1.29, 1.82) is 0 Å². The number of rotatable bonds is 6. The van der Waals surface area contributed by atoms with Gasteiger partial charge in [0.25, 0.3) is 0 Å². The summed E-state index contributed by atoms with van der Waals surface area (Å²) in [6.45, 7) is 4.41. The first kappa shape index (κ1) is 15.0. The van der Waals surface area contributed by atoms with Gasteiger partial charge < -0.3 is 9.47 Å². The molecule has 4 heteroatoms. The van der Waals surface area contributed by atoms with E-state index in [2.05, 4.69) is 0 Å². The first-order valence-electron chi connectivity index (χ1n) is 6.74. The predicted octanol–water partition coefficient (Wildman–Crippen LogP) is 3.92. The van der Waals surface area contributed by atoms with Crippen LogP contribution in [0.3, 0.4) is 0 Å². The van der Waals surface area contributed by atoms with Crippen molar-refractivity contribution in [2.45, 2.75) is 20.5 Å². The van der Waals surface area contributed by atoms with E-state index in [1.54, 1.807) is 24.3 Å². The number of aldehydes is 1. The zero-order valence-electron chi connectivity index (χ0n) is 12.1. The molecule has 0 saturated heterocycles. The maximum atomic E-state index is 13.1. The maximum Gasteiger partial charge on any atom is 0.172 e. The van der Waals surface area contributed by atoms with Crippen LogP contribution >= 0.6 is 0 Å². The topological polar surface area (TPSA) is 35.5 Å². The fourth-order valence-electron chi connectivity index (χ4n) is 2.02. The Hall–Kier alpha value is -2.36. The van der Waals surface area contributed by atoms with Gasteiger partial charge in [0, 0.05) is 0 Å². The molecule has 0 heterocycles. The second-order valence-electron chi connectivity index (χ2n) is 4.58. The average Bonchev–Trinajstić information content (AvgIpc) is 2.47. The Balaban J connectivity index is 2.24. The number of hydrogen-bond acceptors (Lipinski definition) is 3. The van der Waals surface area contributed by atoms with Gasteiger partial charge in [0.15, 0.2) is 17.8 Å². The summed E-state index contributed by atoms with van der Waals surface area (Å²) in [6, 6.07) is 9.68. The molecular weight excluding hydrogens is 271 g/mol. The Morgan fingerprint density at radius 2 is 2.00 bits per heavy atom. The molecule has 2 aromatic carbocycles. The number of ether oxygens (including phenoxy) is 2. The predicted molar refractivity (Wildman–Crippen MR) is 78.5 cm³/mol. The number of para-hydroxylation sites is 1. The molecule has 0 spiro atoms. The molecule has 2 rings (SSSR count). The molecule has 21 heavy (non-hydrogen) atoms. The normalized spacial score (nSPS) is 10.2. The van der Waals surface area contributed by atoms with Crippen LogP contribution in [-0.2, 0) is 6.61 Å². The van der Waals surface area contributed by atoms with Gasteiger partial charge in [0.05, 0.1) is 12.2 Å². The summed E-state index contributed by atoms with van der Waals surface area (Å²) < 4.78 is 24.3. The maximum absolute atomic E-state index is 13.1. The minimum Gasteiger partial charge on any atom is -0.490 e. The molecule has 0 saturated carbocycles. The molecule has 0 atom stereocenters. The van der Waals surface area contributed by atoms with E-state index >= 15 is 0 Å². The third kappa shape index (κ3) is 3.60. The molecular formula is C17H17FO3. The first-order chi connectivity index (χ1) is 10.2. The molecule has 0 fully saturated rings. The van der Waals surface area contributed by atoms with Gasteiger partial charge in [0.2, 0.25) is 0 Å². The Kier molecular flexibility index (Phi) is 4.93. The molecule has 2 aromatic rings. The summed E-state index contributed by atoms with van der Waals surface area (Å²) in [6.07, 6.45) is 0.732. The third-order valence-corrected chi connectivity index (χ3v) is 3.11. The van der Waals surface area contributed by atoms with Crippen LogP contribution in [0.5, 0.6) is 11.5 Å². The molecule has 0 unspecified atom stereocenters. The number of hydrogen-bond donors (Lipinski definition) is 0. The fourth-order valence-corrected chi connectivity index (χ4v) is 2.02. The minimum absolute atomic E-state index is 0.247. The monoisotopic (exact) mass is 288 g/mol. The van der Waals surface area contributed by atoms with Crippen molar-refractivity contribution in [1.82, 2.24) is 0 Å². The van der Waals surface area contributed by atoms with Crippen molar-refractivity contribution in [3.05, 3.63) is 58.9 Å². The van der Waals surface area contributed by atoms with Gasteiger partial charge in [0.1, 0.15) is 12.4 Å². The van der Waals surface area contributed by atoms with Crippen molar-refractivity contribution >= 4 is 6.29 Å². The molecule has 0 aliphatic rings. The largest absolute Gasteiger partial charge is 0.490 e. The van der Waals surface area contributed by atoms with Gasteiger partial charge >= 0.3 is 0 Å². The molecule has 0 aliphatic heterocycles. The summed E-state index contributed by atoms with van der Waals surface area (Å²) in [5.41, 5.74) is 2.09. The SMILES string of the molecule is CCOc1cccc(C=O)c1OCc1ccc(F)cc1C. The molecule has 0 aliphatic carbocycles. The number of aryl methyl sites for hydroxylation is 1. The molecule has 0 bridgehead atoms. The third-order valence-electron chi connectivity index (χ3n) is 3.11. The molecule has 110 valence electrons. The van der Waals surface area contributed by atoms with E-state index in [1.807, 2.05) is 13.8 Å². The van der Waals surface area contributed by atoms with E-state index in [1.165, 1.54) is 12.1 Å². The highest BCUT2D eigenvalue weighted by Gasteiger charge is 2.11. The summed E-state index contributed by atoms with van der Waals surface area (Å²) in [5.74, 6) is 0.666.